The Morgan fingerprint density at radius 1 is 1.04 bits per heavy atom. The van der Waals surface area contributed by atoms with Crippen molar-refractivity contribution in [3.8, 4) is 11.4 Å². The average molecular weight is 392 g/mol. The van der Waals surface area contributed by atoms with Crippen LogP contribution in [0, 0.1) is 5.82 Å². The highest BCUT2D eigenvalue weighted by molar-refractivity contribution is 7.99. The number of fused-ring (bicyclic) bond motifs is 1. The van der Waals surface area contributed by atoms with Crippen LogP contribution in [0.3, 0.4) is 0 Å². The average Bonchev–Trinajstić information content (AvgIpc) is 3.08. The molecule has 1 heterocycles. The molecule has 5 nitrogen and oxygen atoms in total. The Bertz CT molecular complexity index is 1140. The number of nitrogens with zero attached hydrogens (tertiary/aromatic N) is 3. The molecular weight excluding hydrogens is 375 g/mol. The molecule has 1 amide bonds. The monoisotopic (exact) mass is 392 g/mol. The molecule has 28 heavy (non-hydrogen) atoms. The van der Waals surface area contributed by atoms with E-state index in [9.17, 15) is 9.18 Å². The van der Waals surface area contributed by atoms with Crippen molar-refractivity contribution < 1.29 is 9.18 Å². The summed E-state index contributed by atoms with van der Waals surface area (Å²) in [6.07, 6.45) is 0. The molecule has 0 saturated heterocycles. The first-order valence-corrected chi connectivity index (χ1v) is 9.66. The molecule has 0 saturated carbocycles. The Labute approximate surface area is 165 Å². The van der Waals surface area contributed by atoms with E-state index in [1.165, 1.54) is 23.9 Å². The maximum Gasteiger partial charge on any atom is 0.234 e. The second-order valence-electron chi connectivity index (χ2n) is 6.24. The molecule has 0 atom stereocenters. The third kappa shape index (κ3) is 3.75. The van der Waals surface area contributed by atoms with E-state index in [1.54, 1.807) is 16.7 Å². The van der Waals surface area contributed by atoms with Gasteiger partial charge in [-0.05, 0) is 35.7 Å². The lowest BCUT2D eigenvalue weighted by Gasteiger charge is -2.08. The molecule has 0 radical (unpaired) electrons. The molecule has 1 aromatic heterocycles. The van der Waals surface area contributed by atoms with Gasteiger partial charge in [-0.3, -0.25) is 4.79 Å². The number of nitrogens with one attached hydrogen (secondary N) is 1. The van der Waals surface area contributed by atoms with E-state index >= 15 is 0 Å². The lowest BCUT2D eigenvalue weighted by Crippen LogP contribution is -2.14. The second-order valence-corrected chi connectivity index (χ2v) is 7.18. The minimum atomic E-state index is -0.300. The van der Waals surface area contributed by atoms with Crippen molar-refractivity contribution in [3.63, 3.8) is 0 Å². The summed E-state index contributed by atoms with van der Waals surface area (Å²) in [4.78, 5) is 12.4. The van der Waals surface area contributed by atoms with Crippen LogP contribution in [0.5, 0.6) is 0 Å². The van der Waals surface area contributed by atoms with E-state index < -0.39 is 0 Å². The molecule has 0 spiro atoms. The second kappa shape index (κ2) is 7.82. The Hall–Kier alpha value is -3.19. The molecule has 0 aliphatic rings. The van der Waals surface area contributed by atoms with Gasteiger partial charge >= 0.3 is 0 Å². The number of hydrogen-bond acceptors (Lipinski definition) is 4. The predicted octanol–water partition coefficient (Wildman–Crippen LogP) is 4.51. The van der Waals surface area contributed by atoms with Crippen LogP contribution >= 0.6 is 11.8 Å². The van der Waals surface area contributed by atoms with Crippen molar-refractivity contribution in [3.05, 3.63) is 72.5 Å². The maximum atomic E-state index is 13.1. The van der Waals surface area contributed by atoms with Gasteiger partial charge in [0.15, 0.2) is 11.0 Å². The Morgan fingerprint density at radius 2 is 1.79 bits per heavy atom. The Morgan fingerprint density at radius 3 is 2.61 bits per heavy atom. The Kier molecular flexibility index (Phi) is 5.08. The van der Waals surface area contributed by atoms with Crippen LogP contribution in [-0.4, -0.2) is 26.4 Å². The molecule has 7 heteroatoms. The largest absolute Gasteiger partial charge is 0.325 e. The standard InChI is InChI=1S/C21H17FN4OS/c1-26-20(15-9-11-16(22)12-10-15)24-25-21(26)28-13-19(27)23-18-8-4-6-14-5-2-3-7-17(14)18/h2-12H,13H2,1H3,(H,23,27). The normalized spacial score (nSPS) is 10.9. The van der Waals surface area contributed by atoms with Gasteiger partial charge in [-0.15, -0.1) is 10.2 Å². The SMILES string of the molecule is Cn1c(SCC(=O)Nc2cccc3ccccc23)nnc1-c1ccc(F)cc1. The number of halogens is 1. The fourth-order valence-corrected chi connectivity index (χ4v) is 3.65. The number of hydrogen-bond donors (Lipinski definition) is 1. The van der Waals surface area contributed by atoms with Crippen LogP contribution in [0.25, 0.3) is 22.2 Å². The number of amides is 1. The smallest absolute Gasteiger partial charge is 0.234 e. The number of aromatic nitrogens is 3. The van der Waals surface area contributed by atoms with Crippen molar-refractivity contribution in [2.75, 3.05) is 11.1 Å². The first-order valence-electron chi connectivity index (χ1n) is 8.67. The highest BCUT2D eigenvalue weighted by Crippen LogP contribution is 2.25. The number of carbonyl (C=O) groups excluding carboxylic acids is 1. The molecule has 4 aromatic rings. The van der Waals surface area contributed by atoms with E-state index in [-0.39, 0.29) is 17.5 Å². The van der Waals surface area contributed by atoms with Gasteiger partial charge in [0, 0.05) is 23.7 Å². The number of carbonyl (C=O) groups is 1. The summed E-state index contributed by atoms with van der Waals surface area (Å²) in [6.45, 7) is 0. The molecule has 0 aliphatic carbocycles. The molecule has 1 N–H and O–H groups in total. The minimum Gasteiger partial charge on any atom is -0.325 e. The van der Waals surface area contributed by atoms with E-state index in [1.807, 2.05) is 49.5 Å². The summed E-state index contributed by atoms with van der Waals surface area (Å²) in [6, 6.07) is 19.8. The fraction of sp³-hybridized carbons (Fsp3) is 0.0952. The van der Waals surface area contributed by atoms with Crippen LogP contribution < -0.4 is 5.32 Å². The molecule has 0 bridgehead atoms. The highest BCUT2D eigenvalue weighted by Gasteiger charge is 2.13. The van der Waals surface area contributed by atoms with Crippen molar-refractivity contribution in [2.24, 2.45) is 7.05 Å². The van der Waals surface area contributed by atoms with Gasteiger partial charge in [0.1, 0.15) is 5.82 Å². The third-order valence-electron chi connectivity index (χ3n) is 4.33. The van der Waals surface area contributed by atoms with Crippen molar-refractivity contribution in [2.45, 2.75) is 5.16 Å². The van der Waals surface area contributed by atoms with Gasteiger partial charge in [0.05, 0.1) is 5.75 Å². The molecule has 0 unspecified atom stereocenters. The number of thioether (sulfide) groups is 1. The number of benzene rings is 3. The topological polar surface area (TPSA) is 59.8 Å². The van der Waals surface area contributed by atoms with Crippen LogP contribution in [0.1, 0.15) is 0 Å². The first kappa shape index (κ1) is 18.2. The number of anilines is 1. The maximum absolute atomic E-state index is 13.1. The van der Waals surface area contributed by atoms with Crippen LogP contribution in [0.4, 0.5) is 10.1 Å². The lowest BCUT2D eigenvalue weighted by atomic mass is 10.1. The zero-order chi connectivity index (χ0) is 19.5. The van der Waals surface area contributed by atoms with Gasteiger partial charge in [0.25, 0.3) is 0 Å². The molecule has 140 valence electrons. The van der Waals surface area contributed by atoms with Gasteiger partial charge < -0.3 is 9.88 Å². The summed E-state index contributed by atoms with van der Waals surface area (Å²) < 4.78 is 14.9. The molecule has 0 aliphatic heterocycles. The summed E-state index contributed by atoms with van der Waals surface area (Å²) in [7, 11) is 1.82. The van der Waals surface area contributed by atoms with E-state index in [2.05, 4.69) is 15.5 Å². The Balaban J connectivity index is 1.44. The fourth-order valence-electron chi connectivity index (χ4n) is 2.94. The quantitative estimate of drug-likeness (QED) is 0.508. The summed E-state index contributed by atoms with van der Waals surface area (Å²) in [5.74, 6) is 0.411. The van der Waals surface area contributed by atoms with Gasteiger partial charge in [-0.25, -0.2) is 4.39 Å². The van der Waals surface area contributed by atoms with Crippen molar-refractivity contribution in [1.82, 2.24) is 14.8 Å². The zero-order valence-corrected chi connectivity index (χ0v) is 15.9. The molecular formula is C21H17FN4OS. The summed E-state index contributed by atoms with van der Waals surface area (Å²) in [5, 5.41) is 14.0. The van der Waals surface area contributed by atoms with E-state index in [4.69, 9.17) is 0 Å². The van der Waals surface area contributed by atoms with Crippen LogP contribution in [0.15, 0.2) is 71.9 Å². The van der Waals surface area contributed by atoms with Crippen LogP contribution in [-0.2, 0) is 11.8 Å². The summed E-state index contributed by atoms with van der Waals surface area (Å²) in [5.41, 5.74) is 1.55. The zero-order valence-electron chi connectivity index (χ0n) is 15.1. The molecule has 0 fully saturated rings. The van der Waals surface area contributed by atoms with Crippen LogP contribution in [0.2, 0.25) is 0 Å². The molecule has 3 aromatic carbocycles. The van der Waals surface area contributed by atoms with Gasteiger partial charge in [-0.2, -0.15) is 0 Å². The lowest BCUT2D eigenvalue weighted by molar-refractivity contribution is -0.113. The first-order chi connectivity index (χ1) is 13.6. The third-order valence-corrected chi connectivity index (χ3v) is 5.35. The van der Waals surface area contributed by atoms with E-state index in [0.29, 0.717) is 11.0 Å². The van der Waals surface area contributed by atoms with Crippen molar-refractivity contribution in [1.29, 1.82) is 0 Å². The number of rotatable bonds is 5. The van der Waals surface area contributed by atoms with Crippen molar-refractivity contribution >= 4 is 34.1 Å². The molecule has 4 rings (SSSR count). The minimum absolute atomic E-state index is 0.118. The predicted molar refractivity (Wildman–Crippen MR) is 110 cm³/mol. The van der Waals surface area contributed by atoms with Gasteiger partial charge in [-0.1, -0.05) is 48.2 Å². The summed E-state index contributed by atoms with van der Waals surface area (Å²) >= 11 is 1.30. The van der Waals surface area contributed by atoms with E-state index in [0.717, 1.165) is 22.0 Å². The van der Waals surface area contributed by atoms with Gasteiger partial charge in [0.2, 0.25) is 5.91 Å². The highest BCUT2D eigenvalue weighted by atomic mass is 32.2.